The van der Waals surface area contributed by atoms with Crippen molar-refractivity contribution in [3.05, 3.63) is 64.5 Å². The fraction of sp³-hybridized carbons (Fsp3) is 0.214. The Morgan fingerprint density at radius 1 is 1.21 bits per heavy atom. The third kappa shape index (κ3) is 3.51. The van der Waals surface area contributed by atoms with E-state index in [1.54, 1.807) is 18.3 Å². The second kappa shape index (κ2) is 5.95. The Morgan fingerprint density at radius 3 is 2.53 bits per heavy atom. The van der Waals surface area contributed by atoms with Gasteiger partial charge in [0, 0.05) is 49.7 Å². The van der Waals surface area contributed by atoms with Gasteiger partial charge in [0.25, 0.3) is 5.69 Å². The van der Waals surface area contributed by atoms with Crippen molar-refractivity contribution in [2.45, 2.75) is 6.42 Å². The van der Waals surface area contributed by atoms with Gasteiger partial charge >= 0.3 is 0 Å². The van der Waals surface area contributed by atoms with Crippen molar-refractivity contribution in [1.82, 2.24) is 4.98 Å². The quantitative estimate of drug-likeness (QED) is 0.610. The van der Waals surface area contributed by atoms with Gasteiger partial charge < -0.3 is 4.90 Å². The molecule has 0 N–H and O–H groups in total. The fourth-order valence-electron chi connectivity index (χ4n) is 1.79. The molecular weight excluding hydrogens is 242 g/mol. The molecule has 0 atom stereocenters. The summed E-state index contributed by atoms with van der Waals surface area (Å²) < 4.78 is 0. The summed E-state index contributed by atoms with van der Waals surface area (Å²) in [5, 5.41) is 10.6. The highest BCUT2D eigenvalue weighted by Gasteiger charge is 2.06. The number of hydrogen-bond acceptors (Lipinski definition) is 4. The number of nitro benzene ring substituents is 1. The smallest absolute Gasteiger partial charge is 0.269 e. The van der Waals surface area contributed by atoms with Crippen LogP contribution in [0.25, 0.3) is 0 Å². The van der Waals surface area contributed by atoms with Gasteiger partial charge in [-0.05, 0) is 24.3 Å². The van der Waals surface area contributed by atoms with Gasteiger partial charge in [-0.25, -0.2) is 0 Å². The number of aromatic nitrogens is 1. The maximum absolute atomic E-state index is 10.6. The number of hydrogen-bond donors (Lipinski definition) is 0. The molecule has 5 nitrogen and oxygen atoms in total. The lowest BCUT2D eigenvalue weighted by atomic mass is 10.2. The van der Waals surface area contributed by atoms with Crippen molar-refractivity contribution < 1.29 is 4.92 Å². The first-order valence-electron chi connectivity index (χ1n) is 6.02. The Kier molecular flexibility index (Phi) is 4.07. The van der Waals surface area contributed by atoms with Crippen molar-refractivity contribution in [3.8, 4) is 0 Å². The summed E-state index contributed by atoms with van der Waals surface area (Å²) in [7, 11) is 1.96. The van der Waals surface area contributed by atoms with E-state index in [1.165, 1.54) is 12.1 Å². The fourth-order valence-corrected chi connectivity index (χ4v) is 1.79. The molecule has 0 saturated carbocycles. The van der Waals surface area contributed by atoms with Crippen LogP contribution in [0.3, 0.4) is 0 Å². The third-order valence-electron chi connectivity index (χ3n) is 2.93. The zero-order valence-corrected chi connectivity index (χ0v) is 10.7. The van der Waals surface area contributed by atoms with Crippen LogP contribution in [0.15, 0.2) is 48.7 Å². The molecule has 0 amide bonds. The highest BCUT2D eigenvalue weighted by molar-refractivity contribution is 5.50. The number of non-ortho nitro benzene ring substituents is 1. The summed E-state index contributed by atoms with van der Waals surface area (Å²) >= 11 is 0. The minimum Gasteiger partial charge on any atom is -0.374 e. The summed E-state index contributed by atoms with van der Waals surface area (Å²) in [5.74, 6) is 0. The summed E-state index contributed by atoms with van der Waals surface area (Å²) in [4.78, 5) is 16.5. The van der Waals surface area contributed by atoms with E-state index in [0.717, 1.165) is 24.3 Å². The number of nitro groups is 1. The Hall–Kier alpha value is -2.43. The summed E-state index contributed by atoms with van der Waals surface area (Å²) in [6.45, 7) is 0.814. The van der Waals surface area contributed by atoms with Crippen LogP contribution in [0.2, 0.25) is 0 Å². The Labute approximate surface area is 111 Å². The highest BCUT2D eigenvalue weighted by atomic mass is 16.6. The predicted octanol–water partition coefficient (Wildman–Crippen LogP) is 2.67. The molecule has 2 rings (SSSR count). The molecule has 1 heterocycles. The Morgan fingerprint density at radius 2 is 1.95 bits per heavy atom. The van der Waals surface area contributed by atoms with Gasteiger partial charge in [0.2, 0.25) is 0 Å². The average Bonchev–Trinajstić information content (AvgIpc) is 2.46. The van der Waals surface area contributed by atoms with Crippen LogP contribution in [0, 0.1) is 10.1 Å². The van der Waals surface area contributed by atoms with Gasteiger partial charge in [-0.15, -0.1) is 0 Å². The molecule has 0 spiro atoms. The van der Waals surface area contributed by atoms with E-state index in [4.69, 9.17) is 0 Å². The maximum Gasteiger partial charge on any atom is 0.269 e. The molecule has 0 unspecified atom stereocenters. The highest BCUT2D eigenvalue weighted by Crippen LogP contribution is 2.18. The second-order valence-electron chi connectivity index (χ2n) is 4.27. The lowest BCUT2D eigenvalue weighted by Gasteiger charge is -2.18. The first-order valence-corrected chi connectivity index (χ1v) is 6.02. The van der Waals surface area contributed by atoms with Crippen LogP contribution in [0.5, 0.6) is 0 Å². The number of benzene rings is 1. The van der Waals surface area contributed by atoms with Gasteiger partial charge in [0.1, 0.15) is 0 Å². The molecule has 0 aliphatic heterocycles. The van der Waals surface area contributed by atoms with Crippen molar-refractivity contribution >= 4 is 11.4 Å². The zero-order chi connectivity index (χ0) is 13.7. The molecule has 0 saturated heterocycles. The number of pyridine rings is 1. The van der Waals surface area contributed by atoms with Crippen LogP contribution < -0.4 is 4.90 Å². The van der Waals surface area contributed by atoms with Gasteiger partial charge in [-0.3, -0.25) is 15.1 Å². The minimum absolute atomic E-state index is 0.113. The molecule has 1 aromatic carbocycles. The van der Waals surface area contributed by atoms with Crippen LogP contribution in [-0.4, -0.2) is 23.5 Å². The standard InChI is InChI=1S/C14H15N3O2/c1-16(11-9-12-4-2-3-10-15-12)13-5-7-14(8-6-13)17(18)19/h2-8,10H,9,11H2,1H3. The number of likely N-dealkylation sites (N-methyl/N-ethyl adjacent to an activating group) is 1. The second-order valence-corrected chi connectivity index (χ2v) is 4.27. The van der Waals surface area contributed by atoms with Gasteiger partial charge in [-0.2, -0.15) is 0 Å². The van der Waals surface area contributed by atoms with E-state index in [9.17, 15) is 10.1 Å². The molecule has 1 aromatic heterocycles. The van der Waals surface area contributed by atoms with Crippen LogP contribution in [0.1, 0.15) is 5.69 Å². The van der Waals surface area contributed by atoms with Crippen molar-refractivity contribution in [2.24, 2.45) is 0 Å². The summed E-state index contributed by atoms with van der Waals surface area (Å²) in [6, 6.07) is 12.4. The first kappa shape index (κ1) is 13.0. The number of nitrogens with zero attached hydrogens (tertiary/aromatic N) is 3. The summed E-state index contributed by atoms with van der Waals surface area (Å²) in [5.41, 5.74) is 2.11. The van der Waals surface area contributed by atoms with E-state index in [0.29, 0.717) is 0 Å². The van der Waals surface area contributed by atoms with Crippen molar-refractivity contribution in [3.63, 3.8) is 0 Å². The van der Waals surface area contributed by atoms with Crippen molar-refractivity contribution in [1.29, 1.82) is 0 Å². The van der Waals surface area contributed by atoms with Gasteiger partial charge in [0.15, 0.2) is 0 Å². The monoisotopic (exact) mass is 257 g/mol. The van der Waals surface area contributed by atoms with E-state index in [2.05, 4.69) is 9.88 Å². The molecule has 19 heavy (non-hydrogen) atoms. The van der Waals surface area contributed by atoms with Crippen LogP contribution in [0.4, 0.5) is 11.4 Å². The molecule has 98 valence electrons. The minimum atomic E-state index is -0.391. The lowest BCUT2D eigenvalue weighted by Crippen LogP contribution is -2.20. The molecule has 0 radical (unpaired) electrons. The molecule has 2 aromatic rings. The normalized spacial score (nSPS) is 10.2. The van der Waals surface area contributed by atoms with Crippen LogP contribution >= 0.6 is 0 Å². The third-order valence-corrected chi connectivity index (χ3v) is 2.93. The first-order chi connectivity index (χ1) is 9.16. The van der Waals surface area contributed by atoms with Gasteiger partial charge in [-0.1, -0.05) is 6.07 Å². The SMILES string of the molecule is CN(CCc1ccccn1)c1ccc([N+](=O)[O-])cc1. The van der Waals surface area contributed by atoms with E-state index in [-0.39, 0.29) is 5.69 Å². The molecular formula is C14H15N3O2. The van der Waals surface area contributed by atoms with E-state index < -0.39 is 4.92 Å². The molecule has 0 aliphatic carbocycles. The molecule has 0 fully saturated rings. The molecule has 0 bridgehead atoms. The topological polar surface area (TPSA) is 59.3 Å². The van der Waals surface area contributed by atoms with Gasteiger partial charge in [0.05, 0.1) is 4.92 Å². The predicted molar refractivity (Wildman–Crippen MR) is 74.3 cm³/mol. The molecule has 5 heteroatoms. The van der Waals surface area contributed by atoms with Crippen molar-refractivity contribution in [2.75, 3.05) is 18.5 Å². The molecule has 0 aliphatic rings. The lowest BCUT2D eigenvalue weighted by molar-refractivity contribution is -0.384. The summed E-state index contributed by atoms with van der Waals surface area (Å²) in [6.07, 6.45) is 2.62. The average molecular weight is 257 g/mol. The Bertz CT molecular complexity index is 540. The zero-order valence-electron chi connectivity index (χ0n) is 10.7. The van der Waals surface area contributed by atoms with E-state index in [1.807, 2.05) is 25.2 Å². The van der Waals surface area contributed by atoms with Crippen LogP contribution in [-0.2, 0) is 6.42 Å². The number of anilines is 1. The Balaban J connectivity index is 1.96. The van der Waals surface area contributed by atoms with E-state index >= 15 is 0 Å². The number of rotatable bonds is 5. The largest absolute Gasteiger partial charge is 0.374 e. The maximum atomic E-state index is 10.6.